The van der Waals surface area contributed by atoms with E-state index in [0.717, 1.165) is 32.7 Å². The highest BCUT2D eigenvalue weighted by molar-refractivity contribution is 6.03. The number of anilines is 1. The third-order valence-electron chi connectivity index (χ3n) is 5.45. The molecule has 9 nitrogen and oxygen atoms in total. The average molecular weight is 397 g/mol. The Kier molecular flexibility index (Phi) is 5.08. The minimum absolute atomic E-state index is 0.0302. The number of nitro groups is 1. The fourth-order valence-electron chi connectivity index (χ4n) is 3.77. The first-order valence-electron chi connectivity index (χ1n) is 9.55. The number of piperazine rings is 1. The van der Waals surface area contributed by atoms with Crippen LogP contribution in [0.5, 0.6) is 5.75 Å². The first-order valence-corrected chi connectivity index (χ1v) is 9.55. The fourth-order valence-corrected chi connectivity index (χ4v) is 3.77. The zero-order valence-electron chi connectivity index (χ0n) is 16.1. The number of nitrogens with one attached hydrogen (secondary N) is 2. The Hall–Kier alpha value is -3.17. The molecule has 1 saturated heterocycles. The van der Waals surface area contributed by atoms with E-state index >= 15 is 0 Å². The number of benzene rings is 2. The third-order valence-corrected chi connectivity index (χ3v) is 5.45. The molecular weight excluding hydrogens is 374 g/mol. The van der Waals surface area contributed by atoms with Crippen LogP contribution < -0.4 is 10.7 Å². The molecule has 3 aromatic rings. The van der Waals surface area contributed by atoms with Gasteiger partial charge in [-0.1, -0.05) is 0 Å². The number of non-ortho nitro benzene ring substituents is 1. The predicted octanol–water partition coefficient (Wildman–Crippen LogP) is 1.95. The lowest BCUT2D eigenvalue weighted by Crippen LogP contribution is -2.45. The van der Waals surface area contributed by atoms with Gasteiger partial charge in [0.15, 0.2) is 5.43 Å². The van der Waals surface area contributed by atoms with Crippen molar-refractivity contribution >= 4 is 33.2 Å². The Labute approximate surface area is 166 Å². The van der Waals surface area contributed by atoms with Crippen LogP contribution in [0.15, 0.2) is 35.1 Å². The maximum Gasteiger partial charge on any atom is 0.293 e. The summed E-state index contributed by atoms with van der Waals surface area (Å²) in [5, 5.41) is 25.0. The smallest absolute Gasteiger partial charge is 0.293 e. The summed E-state index contributed by atoms with van der Waals surface area (Å²) in [6.07, 6.45) is 0. The molecule has 0 atom stereocenters. The molecule has 3 N–H and O–H groups in total. The summed E-state index contributed by atoms with van der Waals surface area (Å²) in [6, 6.07) is 7.34. The molecule has 0 radical (unpaired) electrons. The van der Waals surface area contributed by atoms with Gasteiger partial charge < -0.3 is 20.3 Å². The van der Waals surface area contributed by atoms with E-state index in [-0.39, 0.29) is 27.8 Å². The molecule has 1 aromatic heterocycles. The number of nitro benzene ring substituents is 1. The van der Waals surface area contributed by atoms with Crippen LogP contribution in [0.25, 0.3) is 21.8 Å². The summed E-state index contributed by atoms with van der Waals surface area (Å²) in [5.74, 6) is -0.0302. The summed E-state index contributed by atoms with van der Waals surface area (Å²) >= 11 is 0. The number of hydrogen-bond acceptors (Lipinski definition) is 7. The fraction of sp³-hybridized carbons (Fsp3) is 0.350. The monoisotopic (exact) mass is 397 g/mol. The molecular formula is C20H23N5O4. The van der Waals surface area contributed by atoms with Crippen molar-refractivity contribution in [3.63, 3.8) is 0 Å². The highest BCUT2D eigenvalue weighted by atomic mass is 16.6. The van der Waals surface area contributed by atoms with Crippen LogP contribution in [0, 0.1) is 10.1 Å². The number of aromatic amines is 1. The lowest BCUT2D eigenvalue weighted by Gasteiger charge is -2.32. The Bertz CT molecular complexity index is 1140. The number of phenolic OH excluding ortho intramolecular Hbond substituents is 1. The minimum Gasteiger partial charge on any atom is -0.508 e. The molecule has 152 valence electrons. The van der Waals surface area contributed by atoms with Gasteiger partial charge in [0.05, 0.1) is 15.8 Å². The lowest BCUT2D eigenvalue weighted by atomic mass is 10.1. The van der Waals surface area contributed by atoms with E-state index in [1.807, 2.05) is 0 Å². The average Bonchev–Trinajstić information content (AvgIpc) is 2.70. The molecule has 0 unspecified atom stereocenters. The van der Waals surface area contributed by atoms with E-state index in [4.69, 9.17) is 0 Å². The van der Waals surface area contributed by atoms with Gasteiger partial charge in [0.25, 0.3) is 5.69 Å². The molecule has 0 bridgehead atoms. The molecule has 9 heteroatoms. The van der Waals surface area contributed by atoms with E-state index in [0.29, 0.717) is 23.1 Å². The second-order valence-electron chi connectivity index (χ2n) is 7.40. The molecule has 29 heavy (non-hydrogen) atoms. The van der Waals surface area contributed by atoms with Crippen LogP contribution in [-0.2, 0) is 0 Å². The SMILES string of the molecule is CN1CCN(CCNc2ccc([N+](=O)[O-])c3[nH]c4ccc(O)cc4c(=O)c23)CC1. The topological polar surface area (TPSA) is 115 Å². The molecule has 0 aliphatic carbocycles. The summed E-state index contributed by atoms with van der Waals surface area (Å²) < 4.78 is 0. The third kappa shape index (κ3) is 3.74. The standard InChI is InChI=1S/C20H23N5O4/c1-23-8-10-24(11-9-23)7-6-21-16-4-5-17(25(28)29)19-18(16)20(27)14-12-13(26)2-3-15(14)22-19/h2-5,12,21,26H,6-11H2,1H3,(H,22,27). The molecule has 0 spiro atoms. The largest absolute Gasteiger partial charge is 0.508 e. The van der Waals surface area contributed by atoms with Crippen LogP contribution in [0.1, 0.15) is 0 Å². The quantitative estimate of drug-likeness (QED) is 0.342. The zero-order chi connectivity index (χ0) is 20.5. The number of aromatic hydroxyl groups is 1. The second-order valence-corrected chi connectivity index (χ2v) is 7.40. The van der Waals surface area contributed by atoms with Crippen LogP contribution in [0.3, 0.4) is 0 Å². The lowest BCUT2D eigenvalue weighted by molar-refractivity contribution is -0.383. The highest BCUT2D eigenvalue weighted by Gasteiger charge is 2.20. The Morgan fingerprint density at radius 2 is 1.97 bits per heavy atom. The van der Waals surface area contributed by atoms with Gasteiger partial charge in [-0.15, -0.1) is 0 Å². The molecule has 1 fully saturated rings. The summed E-state index contributed by atoms with van der Waals surface area (Å²) in [4.78, 5) is 31.7. The summed E-state index contributed by atoms with van der Waals surface area (Å²) in [5.41, 5.74) is 0.666. The number of nitrogens with zero attached hydrogens (tertiary/aromatic N) is 3. The molecule has 2 heterocycles. The maximum atomic E-state index is 13.1. The van der Waals surface area contributed by atoms with Crippen molar-refractivity contribution in [3.05, 3.63) is 50.7 Å². The van der Waals surface area contributed by atoms with E-state index in [1.54, 1.807) is 12.1 Å². The van der Waals surface area contributed by atoms with E-state index in [9.17, 15) is 20.0 Å². The van der Waals surface area contributed by atoms with Gasteiger partial charge in [-0.3, -0.25) is 19.8 Å². The maximum absolute atomic E-state index is 13.1. The number of hydrogen-bond donors (Lipinski definition) is 3. The zero-order valence-corrected chi connectivity index (χ0v) is 16.1. The van der Waals surface area contributed by atoms with Gasteiger partial charge in [0.2, 0.25) is 0 Å². The van der Waals surface area contributed by atoms with Crippen LogP contribution in [-0.4, -0.2) is 71.1 Å². The summed E-state index contributed by atoms with van der Waals surface area (Å²) in [7, 11) is 2.10. The second kappa shape index (κ2) is 7.69. The first kappa shape index (κ1) is 19.2. The van der Waals surface area contributed by atoms with Crippen molar-refractivity contribution in [2.75, 3.05) is 51.6 Å². The van der Waals surface area contributed by atoms with Crippen molar-refractivity contribution in [2.45, 2.75) is 0 Å². The molecule has 1 aliphatic rings. The van der Waals surface area contributed by atoms with Gasteiger partial charge in [-0.25, -0.2) is 0 Å². The predicted molar refractivity (Wildman–Crippen MR) is 113 cm³/mol. The molecule has 2 aromatic carbocycles. The Balaban J connectivity index is 1.71. The van der Waals surface area contributed by atoms with Crippen molar-refractivity contribution in [2.24, 2.45) is 0 Å². The van der Waals surface area contributed by atoms with Gasteiger partial charge >= 0.3 is 0 Å². The molecule has 1 aliphatic heterocycles. The van der Waals surface area contributed by atoms with Crippen molar-refractivity contribution in [3.8, 4) is 5.75 Å². The Morgan fingerprint density at radius 1 is 1.21 bits per heavy atom. The number of likely N-dealkylation sites (N-methyl/N-ethyl adjacent to an activating group) is 1. The van der Waals surface area contributed by atoms with Gasteiger partial charge in [-0.05, 0) is 31.3 Å². The van der Waals surface area contributed by atoms with Gasteiger partial charge in [0.1, 0.15) is 11.3 Å². The van der Waals surface area contributed by atoms with E-state index in [1.165, 1.54) is 18.2 Å². The number of phenols is 1. The van der Waals surface area contributed by atoms with Crippen molar-refractivity contribution < 1.29 is 10.0 Å². The Morgan fingerprint density at radius 3 is 2.69 bits per heavy atom. The van der Waals surface area contributed by atoms with E-state index in [2.05, 4.69) is 27.1 Å². The van der Waals surface area contributed by atoms with Gasteiger partial charge in [-0.2, -0.15) is 0 Å². The normalized spacial score (nSPS) is 15.8. The van der Waals surface area contributed by atoms with Crippen LogP contribution in [0.4, 0.5) is 11.4 Å². The van der Waals surface area contributed by atoms with E-state index < -0.39 is 4.92 Å². The number of rotatable bonds is 5. The molecule has 0 amide bonds. The van der Waals surface area contributed by atoms with Gasteiger partial charge in [0, 0.05) is 56.4 Å². The number of aromatic nitrogens is 1. The first-order chi connectivity index (χ1) is 13.9. The number of H-pyrrole nitrogens is 1. The highest BCUT2D eigenvalue weighted by Crippen LogP contribution is 2.30. The summed E-state index contributed by atoms with van der Waals surface area (Å²) in [6.45, 7) is 5.46. The number of fused-ring (bicyclic) bond motifs is 2. The van der Waals surface area contributed by atoms with Crippen molar-refractivity contribution in [1.29, 1.82) is 0 Å². The number of pyridine rings is 1. The van der Waals surface area contributed by atoms with Crippen LogP contribution >= 0.6 is 0 Å². The van der Waals surface area contributed by atoms with Crippen molar-refractivity contribution in [1.82, 2.24) is 14.8 Å². The molecule has 4 rings (SSSR count). The minimum atomic E-state index is -0.501. The molecule has 0 saturated carbocycles. The van der Waals surface area contributed by atoms with Crippen LogP contribution in [0.2, 0.25) is 0 Å².